The van der Waals surface area contributed by atoms with E-state index in [1.165, 1.54) is 25.3 Å². The topological polar surface area (TPSA) is 92.7 Å². The van der Waals surface area contributed by atoms with Crippen LogP contribution in [0.4, 0.5) is 4.39 Å². The molecule has 0 spiro atoms. The molecule has 0 aliphatic carbocycles. The molecule has 0 unspecified atom stereocenters. The molecular weight excluding hydrogens is 269 g/mol. The molecule has 1 rings (SSSR count). The third-order valence-corrected chi connectivity index (χ3v) is 2.56. The van der Waals surface area contributed by atoms with Gasteiger partial charge < -0.3 is 15.2 Å². The third-order valence-electron chi connectivity index (χ3n) is 2.56. The van der Waals surface area contributed by atoms with E-state index in [-0.39, 0.29) is 18.4 Å². The van der Waals surface area contributed by atoms with Crippen LogP contribution in [0.25, 0.3) is 0 Å². The highest BCUT2D eigenvalue weighted by Gasteiger charge is 2.22. The Morgan fingerprint density at radius 3 is 2.65 bits per heavy atom. The van der Waals surface area contributed by atoms with Gasteiger partial charge in [-0.05, 0) is 24.6 Å². The van der Waals surface area contributed by atoms with E-state index in [1.807, 2.05) is 0 Å². The van der Waals surface area contributed by atoms with Gasteiger partial charge in [0, 0.05) is 12.0 Å². The molecule has 0 bridgehead atoms. The summed E-state index contributed by atoms with van der Waals surface area (Å²) in [5, 5.41) is 11.2. The van der Waals surface area contributed by atoms with Crippen LogP contribution in [0.2, 0.25) is 0 Å². The van der Waals surface area contributed by atoms with Gasteiger partial charge in [0.25, 0.3) is 5.91 Å². The number of carbonyl (C=O) groups is 3. The quantitative estimate of drug-likeness (QED) is 0.759. The summed E-state index contributed by atoms with van der Waals surface area (Å²) in [6.45, 7) is 0. The van der Waals surface area contributed by atoms with Crippen LogP contribution >= 0.6 is 0 Å². The molecule has 0 radical (unpaired) electrons. The first-order chi connectivity index (χ1) is 9.43. The van der Waals surface area contributed by atoms with Gasteiger partial charge in [-0.1, -0.05) is 6.07 Å². The van der Waals surface area contributed by atoms with Crippen LogP contribution in [-0.2, 0) is 14.3 Å². The van der Waals surface area contributed by atoms with E-state index in [1.54, 1.807) is 0 Å². The Balaban J connectivity index is 2.68. The van der Waals surface area contributed by atoms with Crippen LogP contribution in [-0.4, -0.2) is 36.1 Å². The SMILES string of the molecule is COC(=O)CC[C@H](NC(=O)c1cccc(F)c1)C(=O)O. The van der Waals surface area contributed by atoms with Crippen LogP contribution in [0.3, 0.4) is 0 Å². The third kappa shape index (κ3) is 4.68. The van der Waals surface area contributed by atoms with Crippen molar-refractivity contribution in [1.82, 2.24) is 5.32 Å². The second-order valence-electron chi connectivity index (χ2n) is 3.99. The number of carboxylic acid groups (broad SMARTS) is 1. The van der Waals surface area contributed by atoms with E-state index in [2.05, 4.69) is 10.1 Å². The minimum Gasteiger partial charge on any atom is -0.480 e. The molecule has 1 amide bonds. The molecule has 7 heteroatoms. The van der Waals surface area contributed by atoms with E-state index >= 15 is 0 Å². The Bertz CT molecular complexity index is 517. The molecule has 0 saturated carbocycles. The standard InChI is InChI=1S/C13H14FNO5/c1-20-11(16)6-5-10(13(18)19)15-12(17)8-3-2-4-9(14)7-8/h2-4,7,10H,5-6H2,1H3,(H,15,17)(H,18,19)/t10-/m0/s1. The normalized spacial score (nSPS) is 11.5. The van der Waals surface area contributed by atoms with Gasteiger partial charge >= 0.3 is 11.9 Å². The van der Waals surface area contributed by atoms with Crippen LogP contribution in [0.1, 0.15) is 23.2 Å². The molecule has 0 heterocycles. The molecular formula is C13H14FNO5. The number of esters is 1. The van der Waals surface area contributed by atoms with E-state index in [4.69, 9.17) is 5.11 Å². The molecule has 108 valence electrons. The molecule has 1 atom stereocenters. The molecule has 0 aromatic heterocycles. The van der Waals surface area contributed by atoms with Gasteiger partial charge in [0.2, 0.25) is 0 Å². The van der Waals surface area contributed by atoms with Gasteiger partial charge in [0.05, 0.1) is 7.11 Å². The zero-order chi connectivity index (χ0) is 15.1. The maximum absolute atomic E-state index is 13.0. The minimum atomic E-state index is -1.28. The number of methoxy groups -OCH3 is 1. The Morgan fingerprint density at radius 2 is 2.10 bits per heavy atom. The number of amides is 1. The lowest BCUT2D eigenvalue weighted by atomic mass is 10.1. The van der Waals surface area contributed by atoms with Gasteiger partial charge in [0.1, 0.15) is 11.9 Å². The highest BCUT2D eigenvalue weighted by atomic mass is 19.1. The number of aliphatic carboxylic acids is 1. The number of carboxylic acids is 1. The second kappa shape index (κ2) is 7.22. The summed E-state index contributed by atoms with van der Waals surface area (Å²) in [6, 6.07) is 3.62. The summed E-state index contributed by atoms with van der Waals surface area (Å²) >= 11 is 0. The highest BCUT2D eigenvalue weighted by Crippen LogP contribution is 2.06. The molecule has 1 aromatic rings. The summed E-state index contributed by atoms with van der Waals surface area (Å²) in [7, 11) is 1.18. The molecule has 20 heavy (non-hydrogen) atoms. The van der Waals surface area contributed by atoms with Crippen molar-refractivity contribution in [2.75, 3.05) is 7.11 Å². The molecule has 0 aliphatic rings. The summed E-state index contributed by atoms with van der Waals surface area (Å²) in [5.41, 5.74) is 0.00863. The number of benzene rings is 1. The Morgan fingerprint density at radius 1 is 1.40 bits per heavy atom. The molecule has 0 fully saturated rings. The maximum atomic E-state index is 13.0. The monoisotopic (exact) mass is 283 g/mol. The van der Waals surface area contributed by atoms with Gasteiger partial charge in [-0.2, -0.15) is 0 Å². The Hall–Kier alpha value is -2.44. The lowest BCUT2D eigenvalue weighted by molar-refractivity contribution is -0.142. The average molecular weight is 283 g/mol. The fourth-order valence-electron chi connectivity index (χ4n) is 1.49. The van der Waals surface area contributed by atoms with E-state index in [9.17, 15) is 18.8 Å². The molecule has 6 nitrogen and oxygen atoms in total. The molecule has 1 aromatic carbocycles. The fraction of sp³-hybridized carbons (Fsp3) is 0.308. The van der Waals surface area contributed by atoms with Gasteiger partial charge in [-0.25, -0.2) is 9.18 Å². The molecule has 0 saturated heterocycles. The van der Waals surface area contributed by atoms with Crippen LogP contribution in [0.5, 0.6) is 0 Å². The van der Waals surface area contributed by atoms with Gasteiger partial charge in [-0.3, -0.25) is 9.59 Å². The van der Waals surface area contributed by atoms with E-state index < -0.39 is 29.7 Å². The van der Waals surface area contributed by atoms with Gasteiger partial charge in [-0.15, -0.1) is 0 Å². The number of halogens is 1. The van der Waals surface area contributed by atoms with E-state index in [0.29, 0.717) is 0 Å². The van der Waals surface area contributed by atoms with E-state index in [0.717, 1.165) is 6.07 Å². The Labute approximate surface area is 114 Å². The average Bonchev–Trinajstić information content (AvgIpc) is 2.42. The predicted octanol–water partition coefficient (Wildman–Crippen LogP) is 0.962. The van der Waals surface area contributed by atoms with Crippen molar-refractivity contribution in [1.29, 1.82) is 0 Å². The predicted molar refractivity (Wildman–Crippen MR) is 66.5 cm³/mol. The van der Waals surface area contributed by atoms with Crippen molar-refractivity contribution < 1.29 is 28.6 Å². The molecule has 2 N–H and O–H groups in total. The summed E-state index contributed by atoms with van der Waals surface area (Å²) in [6.07, 6.45) is -0.250. The van der Waals surface area contributed by atoms with Crippen molar-refractivity contribution in [2.45, 2.75) is 18.9 Å². The van der Waals surface area contributed by atoms with Crippen molar-refractivity contribution in [2.24, 2.45) is 0 Å². The van der Waals surface area contributed by atoms with Crippen molar-refractivity contribution in [3.05, 3.63) is 35.6 Å². The van der Waals surface area contributed by atoms with Crippen molar-refractivity contribution in [3.63, 3.8) is 0 Å². The largest absolute Gasteiger partial charge is 0.480 e. The van der Waals surface area contributed by atoms with Crippen molar-refractivity contribution in [3.8, 4) is 0 Å². The summed E-state index contributed by atoms with van der Waals surface area (Å²) < 4.78 is 17.4. The second-order valence-corrected chi connectivity index (χ2v) is 3.99. The summed E-state index contributed by atoms with van der Waals surface area (Å²) in [4.78, 5) is 33.7. The first-order valence-corrected chi connectivity index (χ1v) is 5.80. The number of hydrogen-bond acceptors (Lipinski definition) is 4. The summed E-state index contributed by atoms with van der Waals surface area (Å²) in [5.74, 6) is -3.17. The van der Waals surface area contributed by atoms with Gasteiger partial charge in [0.15, 0.2) is 0 Å². The van der Waals surface area contributed by atoms with Crippen LogP contribution < -0.4 is 5.32 Å². The minimum absolute atomic E-state index is 0.00863. The first kappa shape index (κ1) is 15.6. The zero-order valence-electron chi connectivity index (χ0n) is 10.8. The number of ether oxygens (including phenoxy) is 1. The van der Waals surface area contributed by atoms with Crippen LogP contribution in [0, 0.1) is 5.82 Å². The smallest absolute Gasteiger partial charge is 0.326 e. The Kier molecular flexibility index (Phi) is 5.64. The number of carbonyl (C=O) groups excluding carboxylic acids is 2. The number of nitrogens with one attached hydrogen (secondary N) is 1. The van der Waals surface area contributed by atoms with Crippen LogP contribution in [0.15, 0.2) is 24.3 Å². The molecule has 0 aliphatic heterocycles. The highest BCUT2D eigenvalue weighted by molar-refractivity contribution is 5.96. The number of rotatable bonds is 6. The fourth-order valence-corrected chi connectivity index (χ4v) is 1.49. The van der Waals surface area contributed by atoms with Crippen molar-refractivity contribution >= 4 is 17.8 Å². The lowest BCUT2D eigenvalue weighted by Crippen LogP contribution is -2.41. The number of hydrogen-bond donors (Lipinski definition) is 2. The maximum Gasteiger partial charge on any atom is 0.326 e. The first-order valence-electron chi connectivity index (χ1n) is 5.80. The zero-order valence-corrected chi connectivity index (χ0v) is 10.8. The lowest BCUT2D eigenvalue weighted by Gasteiger charge is -2.13.